The molecule has 0 bridgehead atoms. The van der Waals surface area contributed by atoms with Crippen molar-refractivity contribution in [1.29, 1.82) is 0 Å². The van der Waals surface area contributed by atoms with E-state index in [1.807, 2.05) is 0 Å². The first-order chi connectivity index (χ1) is 9.12. The van der Waals surface area contributed by atoms with E-state index in [1.165, 1.54) is 7.05 Å². The molecule has 1 unspecified atom stereocenters. The molecule has 0 fully saturated rings. The molecule has 0 heterocycles. The summed E-state index contributed by atoms with van der Waals surface area (Å²) in [5, 5.41) is 19.6. The van der Waals surface area contributed by atoms with E-state index in [2.05, 4.69) is 0 Å². The molecule has 1 aromatic rings. The van der Waals surface area contributed by atoms with Crippen LogP contribution in [0.15, 0.2) is 18.2 Å². The Labute approximate surface area is 111 Å². The van der Waals surface area contributed by atoms with Gasteiger partial charge in [0, 0.05) is 19.2 Å². The molecule has 1 aromatic carbocycles. The van der Waals surface area contributed by atoms with E-state index in [0.29, 0.717) is 0 Å². The summed E-state index contributed by atoms with van der Waals surface area (Å²) in [4.78, 5) is 10.9. The van der Waals surface area contributed by atoms with E-state index in [-0.39, 0.29) is 5.56 Å². The van der Waals surface area contributed by atoms with E-state index in [4.69, 9.17) is 5.11 Å². The van der Waals surface area contributed by atoms with Gasteiger partial charge in [-0.3, -0.25) is 15.0 Å². The second-order valence-electron chi connectivity index (χ2n) is 4.25. The summed E-state index contributed by atoms with van der Waals surface area (Å²) < 4.78 is 50.1. The van der Waals surface area contributed by atoms with Crippen LogP contribution >= 0.6 is 0 Å². The van der Waals surface area contributed by atoms with Gasteiger partial charge in [0.2, 0.25) is 0 Å². The molecular formula is C11H12F4N2O3. The molecular weight excluding hydrogens is 284 g/mol. The molecule has 1 rings (SSSR count). The van der Waals surface area contributed by atoms with Gasteiger partial charge in [-0.2, -0.15) is 13.2 Å². The molecule has 0 spiro atoms. The van der Waals surface area contributed by atoms with Crippen molar-refractivity contribution < 1.29 is 27.6 Å². The summed E-state index contributed by atoms with van der Waals surface area (Å²) in [5.41, 5.74) is -0.840. The second-order valence-corrected chi connectivity index (χ2v) is 4.25. The first kappa shape index (κ1) is 16.3. The molecule has 0 aromatic heterocycles. The molecule has 0 aliphatic heterocycles. The van der Waals surface area contributed by atoms with Gasteiger partial charge in [0.1, 0.15) is 5.82 Å². The zero-order valence-electron chi connectivity index (χ0n) is 10.4. The molecule has 0 saturated carbocycles. The van der Waals surface area contributed by atoms with Crippen molar-refractivity contribution >= 4 is 5.69 Å². The lowest BCUT2D eigenvalue weighted by atomic mass is 10.1. The Balaban J connectivity index is 2.86. The van der Waals surface area contributed by atoms with Crippen molar-refractivity contribution in [2.75, 3.05) is 13.6 Å². The first-order valence-electron chi connectivity index (χ1n) is 5.48. The highest BCUT2D eigenvalue weighted by atomic mass is 19.4. The number of nitro benzene ring substituents is 1. The third-order valence-electron chi connectivity index (χ3n) is 2.58. The molecule has 9 heteroatoms. The van der Waals surface area contributed by atoms with Crippen LogP contribution in [0.2, 0.25) is 0 Å². The van der Waals surface area contributed by atoms with Crippen molar-refractivity contribution in [2.45, 2.75) is 18.8 Å². The number of nitro groups is 1. The van der Waals surface area contributed by atoms with Crippen LogP contribution in [0.25, 0.3) is 0 Å². The number of likely N-dealkylation sites (N-methyl/N-ethyl adjacent to an activating group) is 1. The van der Waals surface area contributed by atoms with Gasteiger partial charge in [-0.15, -0.1) is 0 Å². The maximum absolute atomic E-state index is 13.5. The Kier molecular flexibility index (Phi) is 5.01. The van der Waals surface area contributed by atoms with Crippen molar-refractivity contribution in [3.05, 3.63) is 39.7 Å². The molecule has 112 valence electrons. The number of hydrogen-bond donors (Lipinski definition) is 1. The fourth-order valence-corrected chi connectivity index (χ4v) is 1.61. The van der Waals surface area contributed by atoms with Crippen molar-refractivity contribution in [1.82, 2.24) is 4.90 Å². The average molecular weight is 296 g/mol. The van der Waals surface area contributed by atoms with Gasteiger partial charge in [-0.25, -0.2) is 4.39 Å². The lowest BCUT2D eigenvalue weighted by molar-refractivity contribution is -0.386. The molecule has 0 saturated heterocycles. The molecule has 1 atom stereocenters. The number of aliphatic hydroxyl groups is 1. The normalized spacial score (nSPS) is 13.6. The van der Waals surface area contributed by atoms with Crippen LogP contribution in [0.3, 0.4) is 0 Å². The zero-order chi connectivity index (χ0) is 15.5. The molecule has 0 aliphatic carbocycles. The van der Waals surface area contributed by atoms with Gasteiger partial charge < -0.3 is 5.11 Å². The Morgan fingerprint density at radius 1 is 1.45 bits per heavy atom. The van der Waals surface area contributed by atoms with E-state index >= 15 is 0 Å². The fraction of sp³-hybridized carbons (Fsp3) is 0.455. The Hall–Kier alpha value is -1.74. The number of nitrogens with zero attached hydrogens (tertiary/aromatic N) is 2. The minimum atomic E-state index is -4.80. The molecule has 0 radical (unpaired) electrons. The monoisotopic (exact) mass is 296 g/mol. The molecule has 1 N–H and O–H groups in total. The summed E-state index contributed by atoms with van der Waals surface area (Å²) in [6.45, 7) is -1.23. The Morgan fingerprint density at radius 3 is 2.55 bits per heavy atom. The number of aliphatic hydroxyl groups excluding tert-OH is 1. The van der Waals surface area contributed by atoms with Crippen molar-refractivity contribution in [3.8, 4) is 0 Å². The first-order valence-corrected chi connectivity index (χ1v) is 5.48. The maximum atomic E-state index is 13.5. The largest absolute Gasteiger partial charge is 0.415 e. The average Bonchev–Trinajstić information content (AvgIpc) is 2.30. The van der Waals surface area contributed by atoms with E-state index in [9.17, 15) is 27.7 Å². The quantitative estimate of drug-likeness (QED) is 0.513. The number of benzene rings is 1. The van der Waals surface area contributed by atoms with Crippen molar-refractivity contribution in [3.63, 3.8) is 0 Å². The van der Waals surface area contributed by atoms with Gasteiger partial charge in [-0.1, -0.05) is 6.07 Å². The lowest BCUT2D eigenvalue weighted by Crippen LogP contribution is -2.39. The van der Waals surface area contributed by atoms with Crippen molar-refractivity contribution in [2.24, 2.45) is 0 Å². The van der Waals surface area contributed by atoms with Crippen LogP contribution < -0.4 is 0 Å². The van der Waals surface area contributed by atoms with Gasteiger partial charge in [0.05, 0.1) is 10.5 Å². The highest BCUT2D eigenvalue weighted by Gasteiger charge is 2.38. The van der Waals surface area contributed by atoms with Gasteiger partial charge in [0.25, 0.3) is 5.69 Å². The maximum Gasteiger partial charge on any atom is 0.415 e. The SMILES string of the molecule is CN(Cc1c(F)cccc1[N+](=O)[O-])CC(O)C(F)(F)F. The summed E-state index contributed by atoms with van der Waals surface area (Å²) in [5.74, 6) is -0.882. The molecule has 5 nitrogen and oxygen atoms in total. The van der Waals surface area contributed by atoms with Crippen LogP contribution in [0.4, 0.5) is 23.2 Å². The lowest BCUT2D eigenvalue weighted by Gasteiger charge is -2.22. The number of hydrogen-bond acceptors (Lipinski definition) is 4. The van der Waals surface area contributed by atoms with Crippen LogP contribution in [-0.2, 0) is 6.54 Å². The standard InChI is InChI=1S/C11H12F4N2O3/c1-16(6-10(18)11(13,14)15)5-7-8(12)3-2-4-9(7)17(19)20/h2-4,10,18H,5-6H2,1H3. The Bertz CT molecular complexity index is 493. The molecule has 20 heavy (non-hydrogen) atoms. The van der Waals surface area contributed by atoms with Gasteiger partial charge in [0.15, 0.2) is 6.10 Å². The third-order valence-corrected chi connectivity index (χ3v) is 2.58. The van der Waals surface area contributed by atoms with E-state index in [0.717, 1.165) is 23.1 Å². The predicted molar refractivity (Wildman–Crippen MR) is 61.5 cm³/mol. The summed E-state index contributed by atoms with van der Waals surface area (Å²) >= 11 is 0. The number of rotatable bonds is 5. The van der Waals surface area contributed by atoms with Crippen LogP contribution in [0, 0.1) is 15.9 Å². The number of alkyl halides is 3. The summed E-state index contributed by atoms with van der Waals surface area (Å²) in [6, 6.07) is 3.18. The second kappa shape index (κ2) is 6.14. The third kappa shape index (κ3) is 4.14. The number of halogens is 4. The van der Waals surface area contributed by atoms with Gasteiger partial charge >= 0.3 is 6.18 Å². The minimum Gasteiger partial charge on any atom is -0.382 e. The zero-order valence-corrected chi connectivity index (χ0v) is 10.4. The van der Waals surface area contributed by atoms with Gasteiger partial charge in [-0.05, 0) is 13.1 Å². The Morgan fingerprint density at radius 2 is 2.05 bits per heavy atom. The minimum absolute atomic E-state index is 0.325. The van der Waals surface area contributed by atoms with E-state index < -0.39 is 41.8 Å². The molecule has 0 aliphatic rings. The smallest absolute Gasteiger partial charge is 0.382 e. The fourth-order valence-electron chi connectivity index (χ4n) is 1.61. The topological polar surface area (TPSA) is 66.6 Å². The summed E-state index contributed by atoms with van der Waals surface area (Å²) in [6.07, 6.45) is -7.39. The molecule has 0 amide bonds. The van der Waals surface area contributed by atoms with Crippen LogP contribution in [0.1, 0.15) is 5.56 Å². The predicted octanol–water partition coefficient (Wildman–Crippen LogP) is 2.09. The van der Waals surface area contributed by atoms with E-state index in [1.54, 1.807) is 0 Å². The summed E-state index contributed by atoms with van der Waals surface area (Å²) in [7, 11) is 1.20. The highest BCUT2D eigenvalue weighted by molar-refractivity contribution is 5.40. The van der Waals surface area contributed by atoms with Crippen LogP contribution in [0.5, 0.6) is 0 Å². The van der Waals surface area contributed by atoms with Crippen LogP contribution in [-0.4, -0.2) is 40.8 Å². The highest BCUT2D eigenvalue weighted by Crippen LogP contribution is 2.24.